The number of aromatic nitrogens is 3. The minimum Gasteiger partial charge on any atom is -0.494 e. The van der Waals surface area contributed by atoms with Crippen LogP contribution in [0.15, 0.2) is 28.8 Å². The molecule has 4 rings (SSSR count). The summed E-state index contributed by atoms with van der Waals surface area (Å²) in [6.45, 7) is 3.50. The van der Waals surface area contributed by atoms with Gasteiger partial charge in [-0.25, -0.2) is 4.39 Å². The first-order chi connectivity index (χ1) is 12.2. The van der Waals surface area contributed by atoms with Gasteiger partial charge in [0.2, 0.25) is 11.8 Å². The van der Waals surface area contributed by atoms with Crippen molar-refractivity contribution in [2.75, 3.05) is 25.1 Å². The number of pyridine rings is 1. The standard InChI is InChI=1S/C18H19FN4O2/c1-11-21-22-18(25-11)12-4-3-7-23(10-12)16-5-6-20-15-9-14(19)17(24-2)8-13(15)16/h5-6,8-9,12H,3-4,7,10H2,1-2H3. The van der Waals surface area contributed by atoms with Gasteiger partial charge in [-0.05, 0) is 25.0 Å². The normalized spacial score (nSPS) is 17.9. The first-order valence-electron chi connectivity index (χ1n) is 8.33. The van der Waals surface area contributed by atoms with Gasteiger partial charge in [-0.3, -0.25) is 4.98 Å². The first-order valence-corrected chi connectivity index (χ1v) is 8.33. The molecule has 1 aromatic carbocycles. The van der Waals surface area contributed by atoms with Crippen LogP contribution in [0.3, 0.4) is 0 Å². The SMILES string of the molecule is COc1cc2c(N3CCCC(c4nnc(C)o4)C3)ccnc2cc1F. The van der Waals surface area contributed by atoms with Gasteiger partial charge >= 0.3 is 0 Å². The van der Waals surface area contributed by atoms with E-state index in [0.29, 0.717) is 17.3 Å². The van der Waals surface area contributed by atoms with Gasteiger partial charge in [-0.1, -0.05) is 0 Å². The summed E-state index contributed by atoms with van der Waals surface area (Å²) >= 11 is 0. The highest BCUT2D eigenvalue weighted by Crippen LogP contribution is 2.35. The molecule has 3 heterocycles. The second kappa shape index (κ2) is 6.31. The summed E-state index contributed by atoms with van der Waals surface area (Å²) in [5.41, 5.74) is 1.63. The predicted octanol–water partition coefficient (Wildman–Crippen LogP) is 3.46. The van der Waals surface area contributed by atoms with Crippen molar-refractivity contribution < 1.29 is 13.5 Å². The average molecular weight is 342 g/mol. The molecule has 130 valence electrons. The third kappa shape index (κ3) is 2.90. The van der Waals surface area contributed by atoms with Crippen molar-refractivity contribution in [2.45, 2.75) is 25.7 Å². The number of halogens is 1. The number of nitrogens with zero attached hydrogens (tertiary/aromatic N) is 4. The highest BCUT2D eigenvalue weighted by molar-refractivity contribution is 5.92. The molecule has 1 atom stereocenters. The summed E-state index contributed by atoms with van der Waals surface area (Å²) < 4.78 is 24.7. The minimum atomic E-state index is -0.405. The molecule has 0 saturated carbocycles. The van der Waals surface area contributed by atoms with Crippen molar-refractivity contribution >= 4 is 16.6 Å². The molecule has 2 aromatic heterocycles. The number of hydrogen-bond donors (Lipinski definition) is 0. The van der Waals surface area contributed by atoms with Crippen LogP contribution >= 0.6 is 0 Å². The van der Waals surface area contributed by atoms with E-state index in [2.05, 4.69) is 20.1 Å². The molecule has 0 amide bonds. The second-order valence-electron chi connectivity index (χ2n) is 6.28. The van der Waals surface area contributed by atoms with Crippen LogP contribution in [0.1, 0.15) is 30.5 Å². The number of piperidine rings is 1. The lowest BCUT2D eigenvalue weighted by Crippen LogP contribution is -2.34. The molecule has 0 N–H and O–H groups in total. The Morgan fingerprint density at radius 3 is 2.96 bits per heavy atom. The Kier molecular flexibility index (Phi) is 3.99. The lowest BCUT2D eigenvalue weighted by Gasteiger charge is -2.33. The van der Waals surface area contributed by atoms with E-state index in [1.54, 1.807) is 19.2 Å². The van der Waals surface area contributed by atoms with Crippen molar-refractivity contribution in [3.8, 4) is 5.75 Å². The number of anilines is 1. The van der Waals surface area contributed by atoms with Crippen LogP contribution in [0.4, 0.5) is 10.1 Å². The summed E-state index contributed by atoms with van der Waals surface area (Å²) in [6.07, 6.45) is 3.75. The molecule has 1 aliphatic rings. The Balaban J connectivity index is 1.71. The molecule has 0 spiro atoms. The Bertz CT molecular complexity index is 911. The number of benzene rings is 1. The number of aryl methyl sites for hydroxylation is 1. The molecule has 0 bridgehead atoms. The van der Waals surface area contributed by atoms with Crippen LogP contribution in [0, 0.1) is 12.7 Å². The molecule has 3 aromatic rings. The Morgan fingerprint density at radius 1 is 1.32 bits per heavy atom. The van der Waals surface area contributed by atoms with Gasteiger partial charge in [0.1, 0.15) is 0 Å². The zero-order valence-electron chi connectivity index (χ0n) is 14.2. The summed E-state index contributed by atoms with van der Waals surface area (Å²) in [5.74, 6) is 1.28. The van der Waals surface area contributed by atoms with Gasteiger partial charge in [0.05, 0.1) is 18.5 Å². The van der Waals surface area contributed by atoms with Crippen LogP contribution in [-0.4, -0.2) is 35.4 Å². The second-order valence-corrected chi connectivity index (χ2v) is 6.28. The largest absolute Gasteiger partial charge is 0.494 e. The van der Waals surface area contributed by atoms with Gasteiger partial charge in [0, 0.05) is 43.4 Å². The fraction of sp³-hybridized carbons (Fsp3) is 0.389. The van der Waals surface area contributed by atoms with E-state index >= 15 is 0 Å². The molecule has 1 unspecified atom stereocenters. The zero-order chi connectivity index (χ0) is 17.4. The van der Waals surface area contributed by atoms with E-state index < -0.39 is 5.82 Å². The van der Waals surface area contributed by atoms with Crippen LogP contribution in [-0.2, 0) is 0 Å². The third-order valence-corrected chi connectivity index (χ3v) is 4.65. The van der Waals surface area contributed by atoms with Gasteiger partial charge < -0.3 is 14.1 Å². The quantitative estimate of drug-likeness (QED) is 0.726. The molecule has 0 radical (unpaired) electrons. The maximum atomic E-state index is 14.0. The van der Waals surface area contributed by atoms with E-state index in [1.165, 1.54) is 13.2 Å². The smallest absolute Gasteiger partial charge is 0.221 e. The number of ether oxygens (including phenoxy) is 1. The highest BCUT2D eigenvalue weighted by atomic mass is 19.1. The van der Waals surface area contributed by atoms with Gasteiger partial charge in [0.15, 0.2) is 11.6 Å². The topological polar surface area (TPSA) is 64.3 Å². The molecular formula is C18H19FN4O2. The average Bonchev–Trinajstić information content (AvgIpc) is 3.07. The molecule has 25 heavy (non-hydrogen) atoms. The van der Waals surface area contributed by atoms with E-state index in [-0.39, 0.29) is 11.7 Å². The van der Waals surface area contributed by atoms with E-state index in [4.69, 9.17) is 9.15 Å². The van der Waals surface area contributed by atoms with Crippen molar-refractivity contribution in [3.05, 3.63) is 42.0 Å². The summed E-state index contributed by atoms with van der Waals surface area (Å²) in [6, 6.07) is 5.09. The number of hydrogen-bond acceptors (Lipinski definition) is 6. The summed E-state index contributed by atoms with van der Waals surface area (Å²) in [4.78, 5) is 6.56. The zero-order valence-corrected chi connectivity index (χ0v) is 14.2. The van der Waals surface area contributed by atoms with Gasteiger partial charge in [0.25, 0.3) is 0 Å². The fourth-order valence-electron chi connectivity index (χ4n) is 3.44. The lowest BCUT2D eigenvalue weighted by atomic mass is 9.97. The van der Waals surface area contributed by atoms with Gasteiger partial charge in [-0.2, -0.15) is 0 Å². The van der Waals surface area contributed by atoms with Crippen LogP contribution in [0.2, 0.25) is 0 Å². The Morgan fingerprint density at radius 2 is 2.20 bits per heavy atom. The third-order valence-electron chi connectivity index (χ3n) is 4.65. The molecular weight excluding hydrogens is 323 g/mol. The molecule has 1 aliphatic heterocycles. The maximum absolute atomic E-state index is 14.0. The van der Waals surface area contributed by atoms with Crippen molar-refractivity contribution in [2.24, 2.45) is 0 Å². The van der Waals surface area contributed by atoms with Crippen molar-refractivity contribution in [3.63, 3.8) is 0 Å². The fourth-order valence-corrected chi connectivity index (χ4v) is 3.44. The molecule has 1 saturated heterocycles. The van der Waals surface area contributed by atoms with Crippen LogP contribution in [0.5, 0.6) is 5.75 Å². The molecule has 0 aliphatic carbocycles. The molecule has 1 fully saturated rings. The minimum absolute atomic E-state index is 0.195. The summed E-state index contributed by atoms with van der Waals surface area (Å²) in [7, 11) is 1.47. The lowest BCUT2D eigenvalue weighted by molar-refractivity contribution is 0.386. The maximum Gasteiger partial charge on any atom is 0.221 e. The first kappa shape index (κ1) is 15.8. The van der Waals surface area contributed by atoms with Gasteiger partial charge in [-0.15, -0.1) is 10.2 Å². The van der Waals surface area contributed by atoms with E-state index in [9.17, 15) is 4.39 Å². The van der Waals surface area contributed by atoms with Crippen molar-refractivity contribution in [1.82, 2.24) is 15.2 Å². The van der Waals surface area contributed by atoms with Crippen LogP contribution in [0.25, 0.3) is 10.9 Å². The van der Waals surface area contributed by atoms with Crippen LogP contribution < -0.4 is 9.64 Å². The highest BCUT2D eigenvalue weighted by Gasteiger charge is 2.26. The summed E-state index contributed by atoms with van der Waals surface area (Å²) in [5, 5.41) is 8.99. The number of methoxy groups -OCH3 is 1. The number of fused-ring (bicyclic) bond motifs is 1. The van der Waals surface area contributed by atoms with E-state index in [1.807, 2.05) is 6.07 Å². The van der Waals surface area contributed by atoms with Crippen molar-refractivity contribution in [1.29, 1.82) is 0 Å². The Hall–Kier alpha value is -2.70. The molecule has 6 nitrogen and oxygen atoms in total. The monoisotopic (exact) mass is 342 g/mol. The van der Waals surface area contributed by atoms with E-state index in [0.717, 1.165) is 37.0 Å². The molecule has 7 heteroatoms. The Labute approximate surface area is 144 Å². The predicted molar refractivity (Wildman–Crippen MR) is 91.5 cm³/mol. The number of rotatable bonds is 3.